The normalized spacial score (nSPS) is 22.4. The summed E-state index contributed by atoms with van der Waals surface area (Å²) >= 11 is 0. The van der Waals surface area contributed by atoms with Gasteiger partial charge in [0.1, 0.15) is 23.6 Å². The van der Waals surface area contributed by atoms with Gasteiger partial charge in [-0.15, -0.1) is 0 Å². The van der Waals surface area contributed by atoms with Gasteiger partial charge in [0, 0.05) is 23.6 Å². The number of ketones is 1. The van der Waals surface area contributed by atoms with Crippen LogP contribution in [0.1, 0.15) is 29.5 Å². The summed E-state index contributed by atoms with van der Waals surface area (Å²) in [7, 11) is 3.28. The van der Waals surface area contributed by atoms with Gasteiger partial charge in [-0.1, -0.05) is 36.4 Å². The SMILES string of the molecule is COc1ccc([C@@H]2C=C3Nc4ncnn4[C@@H](c4ccccc4OC)[C@@H]3C(=O)C2)cc1. The highest BCUT2D eigenvalue weighted by atomic mass is 16.5. The molecule has 2 aromatic carbocycles. The van der Waals surface area contributed by atoms with E-state index in [1.807, 2.05) is 48.5 Å². The Hall–Kier alpha value is -3.61. The third-order valence-corrected chi connectivity index (χ3v) is 5.89. The largest absolute Gasteiger partial charge is 0.497 e. The number of nitrogens with one attached hydrogen (secondary N) is 1. The summed E-state index contributed by atoms with van der Waals surface area (Å²) in [6.07, 6.45) is 4.08. The number of fused-ring (bicyclic) bond motifs is 2. The van der Waals surface area contributed by atoms with Gasteiger partial charge in [0.15, 0.2) is 0 Å². The zero-order chi connectivity index (χ0) is 20.7. The minimum absolute atomic E-state index is 0.00468. The molecule has 7 heteroatoms. The molecule has 0 bridgehead atoms. The summed E-state index contributed by atoms with van der Waals surface area (Å²) in [4.78, 5) is 17.8. The molecule has 3 aromatic rings. The number of carbonyl (C=O) groups excluding carboxylic acids is 1. The Bertz CT molecular complexity index is 1120. The molecule has 2 aliphatic rings. The molecule has 2 heterocycles. The van der Waals surface area contributed by atoms with Crippen molar-refractivity contribution in [1.82, 2.24) is 14.8 Å². The molecule has 0 spiro atoms. The van der Waals surface area contributed by atoms with Crippen molar-refractivity contribution in [1.29, 1.82) is 0 Å². The van der Waals surface area contributed by atoms with Gasteiger partial charge < -0.3 is 14.8 Å². The maximum absolute atomic E-state index is 13.4. The van der Waals surface area contributed by atoms with Crippen LogP contribution in [0.4, 0.5) is 5.95 Å². The lowest BCUT2D eigenvalue weighted by atomic mass is 9.75. The van der Waals surface area contributed by atoms with E-state index >= 15 is 0 Å². The van der Waals surface area contributed by atoms with Gasteiger partial charge in [0.05, 0.1) is 26.2 Å². The molecule has 0 amide bonds. The molecule has 0 radical (unpaired) electrons. The first-order valence-electron chi connectivity index (χ1n) is 9.87. The predicted octanol–water partition coefficient (Wildman–Crippen LogP) is 3.57. The molecule has 0 unspecified atom stereocenters. The van der Waals surface area contributed by atoms with Gasteiger partial charge >= 0.3 is 0 Å². The van der Waals surface area contributed by atoms with Crippen LogP contribution in [0.15, 0.2) is 66.6 Å². The Morgan fingerprint density at radius 1 is 1.07 bits per heavy atom. The van der Waals surface area contributed by atoms with Gasteiger partial charge in [-0.3, -0.25) is 4.79 Å². The Morgan fingerprint density at radius 2 is 1.87 bits per heavy atom. The van der Waals surface area contributed by atoms with Crippen molar-refractivity contribution in [2.24, 2.45) is 5.92 Å². The van der Waals surface area contributed by atoms with Crippen LogP contribution in [0, 0.1) is 5.92 Å². The number of anilines is 1. The minimum atomic E-state index is -0.370. The third kappa shape index (κ3) is 2.94. The molecule has 1 aliphatic heterocycles. The number of methoxy groups -OCH3 is 2. The molecule has 1 aromatic heterocycles. The van der Waals surface area contributed by atoms with E-state index in [1.165, 1.54) is 6.33 Å². The second kappa shape index (κ2) is 7.33. The minimum Gasteiger partial charge on any atom is -0.497 e. The van der Waals surface area contributed by atoms with Crippen LogP contribution < -0.4 is 14.8 Å². The molecule has 0 fully saturated rings. The highest BCUT2D eigenvalue weighted by Gasteiger charge is 2.44. The number of para-hydroxylation sites is 1. The van der Waals surface area contributed by atoms with E-state index in [4.69, 9.17) is 9.47 Å². The molecule has 0 saturated carbocycles. The second-order valence-electron chi connectivity index (χ2n) is 7.49. The van der Waals surface area contributed by atoms with E-state index in [9.17, 15) is 4.79 Å². The molecule has 1 N–H and O–H groups in total. The quantitative estimate of drug-likeness (QED) is 0.719. The zero-order valence-electron chi connectivity index (χ0n) is 16.8. The van der Waals surface area contributed by atoms with E-state index in [1.54, 1.807) is 18.9 Å². The molecule has 0 saturated heterocycles. The zero-order valence-corrected chi connectivity index (χ0v) is 16.8. The fourth-order valence-electron chi connectivity index (χ4n) is 4.46. The van der Waals surface area contributed by atoms with Crippen LogP contribution >= 0.6 is 0 Å². The fraction of sp³-hybridized carbons (Fsp3) is 0.261. The first-order chi connectivity index (χ1) is 14.7. The molecular weight excluding hydrogens is 380 g/mol. The lowest BCUT2D eigenvalue weighted by molar-refractivity contribution is -0.123. The van der Waals surface area contributed by atoms with Crippen molar-refractivity contribution in [3.05, 3.63) is 77.8 Å². The summed E-state index contributed by atoms with van der Waals surface area (Å²) in [6.45, 7) is 0. The highest BCUT2D eigenvalue weighted by Crippen LogP contribution is 2.45. The summed E-state index contributed by atoms with van der Waals surface area (Å²) in [5.41, 5.74) is 2.86. The summed E-state index contributed by atoms with van der Waals surface area (Å²) in [5.74, 6) is 1.94. The lowest BCUT2D eigenvalue weighted by Crippen LogP contribution is -2.40. The number of hydrogen-bond donors (Lipinski definition) is 1. The first kappa shape index (κ1) is 18.4. The average Bonchev–Trinajstić information content (AvgIpc) is 3.25. The maximum atomic E-state index is 13.4. The molecule has 3 atom stereocenters. The topological polar surface area (TPSA) is 78.3 Å². The summed E-state index contributed by atoms with van der Waals surface area (Å²) in [5, 5.41) is 7.74. The van der Waals surface area contributed by atoms with Crippen LogP contribution in [-0.4, -0.2) is 34.8 Å². The number of nitrogens with zero attached hydrogens (tertiary/aromatic N) is 3. The fourth-order valence-corrected chi connectivity index (χ4v) is 4.46. The number of benzene rings is 2. The number of ether oxygens (including phenoxy) is 2. The van der Waals surface area contributed by atoms with Gasteiger partial charge in [0.25, 0.3) is 0 Å². The monoisotopic (exact) mass is 402 g/mol. The predicted molar refractivity (Wildman–Crippen MR) is 112 cm³/mol. The lowest BCUT2D eigenvalue weighted by Gasteiger charge is -2.38. The van der Waals surface area contributed by atoms with E-state index in [2.05, 4.69) is 21.5 Å². The summed E-state index contributed by atoms with van der Waals surface area (Å²) < 4.78 is 12.6. The Kier molecular flexibility index (Phi) is 4.50. The molecule has 5 rings (SSSR count). The van der Waals surface area contributed by atoms with Gasteiger partial charge in [-0.2, -0.15) is 10.1 Å². The number of rotatable bonds is 4. The smallest absolute Gasteiger partial charge is 0.226 e. The Balaban J connectivity index is 1.59. The second-order valence-corrected chi connectivity index (χ2v) is 7.49. The van der Waals surface area contributed by atoms with Crippen molar-refractivity contribution in [2.75, 3.05) is 19.5 Å². The summed E-state index contributed by atoms with van der Waals surface area (Å²) in [6, 6.07) is 15.3. The maximum Gasteiger partial charge on any atom is 0.226 e. The van der Waals surface area contributed by atoms with Crippen molar-refractivity contribution in [2.45, 2.75) is 18.4 Å². The van der Waals surface area contributed by atoms with Crippen LogP contribution in [-0.2, 0) is 4.79 Å². The van der Waals surface area contributed by atoms with Crippen molar-refractivity contribution >= 4 is 11.7 Å². The van der Waals surface area contributed by atoms with E-state index in [0.29, 0.717) is 12.4 Å². The molecular formula is C23H22N4O3. The molecule has 7 nitrogen and oxygen atoms in total. The Labute approximate surface area is 174 Å². The first-order valence-corrected chi connectivity index (χ1v) is 9.87. The molecule has 1 aliphatic carbocycles. The third-order valence-electron chi connectivity index (χ3n) is 5.89. The van der Waals surface area contributed by atoms with Crippen LogP contribution in [0.3, 0.4) is 0 Å². The van der Waals surface area contributed by atoms with Gasteiger partial charge in [0.2, 0.25) is 5.95 Å². The van der Waals surface area contributed by atoms with E-state index < -0.39 is 0 Å². The highest BCUT2D eigenvalue weighted by molar-refractivity contribution is 5.89. The van der Waals surface area contributed by atoms with Crippen molar-refractivity contribution in [3.63, 3.8) is 0 Å². The average molecular weight is 402 g/mol. The number of carbonyl (C=O) groups is 1. The number of aromatic nitrogens is 3. The van der Waals surface area contributed by atoms with E-state index in [-0.39, 0.29) is 23.7 Å². The van der Waals surface area contributed by atoms with Crippen molar-refractivity contribution < 1.29 is 14.3 Å². The van der Waals surface area contributed by atoms with E-state index in [0.717, 1.165) is 28.3 Å². The Morgan fingerprint density at radius 3 is 2.63 bits per heavy atom. The van der Waals surface area contributed by atoms with Crippen LogP contribution in [0.25, 0.3) is 0 Å². The number of allylic oxidation sites excluding steroid dienone is 2. The van der Waals surface area contributed by atoms with Crippen molar-refractivity contribution in [3.8, 4) is 11.5 Å². The van der Waals surface area contributed by atoms with Crippen LogP contribution in [0.2, 0.25) is 0 Å². The molecule has 152 valence electrons. The standard InChI is InChI=1S/C23H22N4O3/c1-29-16-9-7-14(8-10-16)15-11-18-21(19(28)12-15)22(27-23(26-18)24-13-25-27)17-5-3-4-6-20(17)30-2/h3-11,13,15,21-22H,12H2,1-2H3,(H,24,25,26)/t15-,21+,22+/m1/s1. The van der Waals surface area contributed by atoms with Crippen LogP contribution in [0.5, 0.6) is 11.5 Å². The molecule has 30 heavy (non-hydrogen) atoms. The number of hydrogen-bond acceptors (Lipinski definition) is 6. The van der Waals surface area contributed by atoms with Gasteiger partial charge in [-0.05, 0) is 23.8 Å². The van der Waals surface area contributed by atoms with Gasteiger partial charge in [-0.25, -0.2) is 4.68 Å². The number of Topliss-reactive ketones (excluding diaryl/α,β-unsaturated/α-hetero) is 1.